The molecule has 0 heterocycles. The van der Waals surface area contributed by atoms with E-state index < -0.39 is 17.9 Å². The fourth-order valence-corrected chi connectivity index (χ4v) is 0.583. The van der Waals surface area contributed by atoms with Crippen molar-refractivity contribution in [2.24, 2.45) is 11.5 Å². The predicted octanol–water partition coefficient (Wildman–Crippen LogP) is -2.50. The summed E-state index contributed by atoms with van der Waals surface area (Å²) in [6.07, 6.45) is 0.305. The predicted molar refractivity (Wildman–Crippen MR) is 40.9 cm³/mol. The van der Waals surface area contributed by atoms with E-state index in [4.69, 9.17) is 11.5 Å². The quantitative estimate of drug-likeness (QED) is 0.398. The van der Waals surface area contributed by atoms with Crippen molar-refractivity contribution in [1.82, 2.24) is 5.32 Å². The van der Waals surface area contributed by atoms with Crippen LogP contribution in [0.2, 0.25) is 0 Å². The number of nitrogens with one attached hydrogen (secondary N) is 1. The molecule has 0 aromatic rings. The maximum absolute atomic E-state index is 10.8. The third-order valence-electron chi connectivity index (χ3n) is 1.12. The van der Waals surface area contributed by atoms with Crippen molar-refractivity contribution in [3.8, 4) is 0 Å². The van der Waals surface area contributed by atoms with E-state index in [1.165, 1.54) is 0 Å². The Labute approximate surface area is 69.3 Å². The van der Waals surface area contributed by atoms with Crippen molar-refractivity contribution in [2.45, 2.75) is 12.5 Å². The molecule has 0 bridgehead atoms. The Hall–Kier alpha value is -1.43. The third kappa shape index (κ3) is 4.40. The van der Waals surface area contributed by atoms with Gasteiger partial charge in [0.25, 0.3) is 0 Å². The zero-order chi connectivity index (χ0) is 9.56. The fraction of sp³-hybridized carbons (Fsp3) is 0.500. The van der Waals surface area contributed by atoms with Crippen molar-refractivity contribution < 1.29 is 14.4 Å². The summed E-state index contributed by atoms with van der Waals surface area (Å²) >= 11 is 0. The van der Waals surface area contributed by atoms with Crippen LogP contribution in [0.25, 0.3) is 0 Å². The van der Waals surface area contributed by atoms with Crippen LogP contribution in [-0.2, 0) is 14.4 Å². The van der Waals surface area contributed by atoms with E-state index in [-0.39, 0.29) is 13.0 Å². The fourth-order valence-electron chi connectivity index (χ4n) is 0.583. The van der Waals surface area contributed by atoms with Crippen LogP contribution in [0.5, 0.6) is 0 Å². The summed E-state index contributed by atoms with van der Waals surface area (Å²) in [5.74, 6) is -1.20. The highest BCUT2D eigenvalue weighted by Gasteiger charge is 2.14. The molecule has 0 fully saturated rings. The number of primary amides is 1. The zero-order valence-corrected chi connectivity index (χ0v) is 6.45. The monoisotopic (exact) mass is 173 g/mol. The highest BCUT2D eigenvalue weighted by molar-refractivity contribution is 5.88. The topological polar surface area (TPSA) is 115 Å². The number of hydrogen-bond donors (Lipinski definition) is 3. The molecule has 68 valence electrons. The molecule has 6 heteroatoms. The Morgan fingerprint density at radius 2 is 2.08 bits per heavy atom. The van der Waals surface area contributed by atoms with Crippen LogP contribution in [0.1, 0.15) is 6.42 Å². The van der Waals surface area contributed by atoms with Gasteiger partial charge in [0, 0.05) is 0 Å². The van der Waals surface area contributed by atoms with E-state index in [9.17, 15) is 14.4 Å². The van der Waals surface area contributed by atoms with Crippen LogP contribution < -0.4 is 16.8 Å². The van der Waals surface area contributed by atoms with Gasteiger partial charge in [0.05, 0.1) is 19.0 Å². The first-order valence-electron chi connectivity index (χ1n) is 3.33. The van der Waals surface area contributed by atoms with E-state index in [0.717, 1.165) is 0 Å². The minimum atomic E-state index is -0.970. The highest BCUT2D eigenvalue weighted by atomic mass is 16.2. The maximum atomic E-state index is 10.8. The second-order valence-corrected chi connectivity index (χ2v) is 2.19. The Kier molecular flexibility index (Phi) is 4.62. The van der Waals surface area contributed by atoms with Gasteiger partial charge in [-0.05, 0) is 0 Å². The Bertz CT molecular complexity index is 192. The molecule has 5 N–H and O–H groups in total. The van der Waals surface area contributed by atoms with Crippen molar-refractivity contribution in [2.75, 3.05) is 6.54 Å². The minimum absolute atomic E-state index is 0.106. The molecule has 12 heavy (non-hydrogen) atoms. The van der Waals surface area contributed by atoms with Gasteiger partial charge in [-0.15, -0.1) is 0 Å². The molecule has 0 aromatic carbocycles. The molecule has 0 aromatic heterocycles. The van der Waals surface area contributed by atoms with E-state index in [0.29, 0.717) is 6.29 Å². The molecule has 0 saturated carbocycles. The maximum Gasteiger partial charge on any atom is 0.237 e. The van der Waals surface area contributed by atoms with Crippen LogP contribution in [0, 0.1) is 0 Å². The number of hydrogen-bond acceptors (Lipinski definition) is 4. The van der Waals surface area contributed by atoms with Crippen LogP contribution in [0.15, 0.2) is 0 Å². The van der Waals surface area contributed by atoms with Crippen LogP contribution >= 0.6 is 0 Å². The molecule has 0 aliphatic heterocycles. The summed E-state index contributed by atoms with van der Waals surface area (Å²) in [4.78, 5) is 30.9. The number of carbonyl (C=O) groups excluding carboxylic acids is 3. The number of carbonyl (C=O) groups is 3. The van der Waals surface area contributed by atoms with E-state index in [1.807, 2.05) is 0 Å². The molecular formula is C6H11N3O3. The first-order chi connectivity index (χ1) is 5.57. The average Bonchev–Trinajstić information content (AvgIpc) is 1.98. The number of aldehydes is 1. The van der Waals surface area contributed by atoms with Crippen molar-refractivity contribution in [1.29, 1.82) is 0 Å². The molecule has 0 spiro atoms. The lowest BCUT2D eigenvalue weighted by molar-refractivity contribution is -0.126. The standard InChI is InChI=1S/C6H11N3O3/c7-4(3-5(8)11)6(12)9-1-2-10/h2,4H,1,3,7H2,(H2,8,11)(H,9,12)/t4-/m0/s1. The molecule has 0 rings (SSSR count). The number of nitrogens with two attached hydrogens (primary N) is 2. The van der Waals surface area contributed by atoms with E-state index in [1.54, 1.807) is 0 Å². The second kappa shape index (κ2) is 5.25. The molecule has 0 aliphatic carbocycles. The lowest BCUT2D eigenvalue weighted by atomic mass is 10.2. The Morgan fingerprint density at radius 1 is 1.50 bits per heavy atom. The molecule has 0 unspecified atom stereocenters. The third-order valence-corrected chi connectivity index (χ3v) is 1.12. The normalized spacial score (nSPS) is 11.8. The van der Waals surface area contributed by atoms with Crippen LogP contribution in [0.4, 0.5) is 0 Å². The highest BCUT2D eigenvalue weighted by Crippen LogP contribution is 1.85. The van der Waals surface area contributed by atoms with Gasteiger partial charge in [-0.25, -0.2) is 0 Å². The summed E-state index contributed by atoms with van der Waals surface area (Å²) < 4.78 is 0. The molecule has 0 aliphatic rings. The molecule has 0 saturated heterocycles. The van der Waals surface area contributed by atoms with Gasteiger partial charge in [0.1, 0.15) is 6.29 Å². The lowest BCUT2D eigenvalue weighted by Crippen LogP contribution is -2.43. The van der Waals surface area contributed by atoms with Gasteiger partial charge in [0.15, 0.2) is 0 Å². The zero-order valence-electron chi connectivity index (χ0n) is 6.45. The number of rotatable bonds is 5. The van der Waals surface area contributed by atoms with Crippen molar-refractivity contribution in [3.05, 3.63) is 0 Å². The van der Waals surface area contributed by atoms with Gasteiger partial charge >= 0.3 is 0 Å². The lowest BCUT2D eigenvalue weighted by Gasteiger charge is -2.07. The summed E-state index contributed by atoms with van der Waals surface area (Å²) in [5, 5.41) is 2.20. The van der Waals surface area contributed by atoms with Gasteiger partial charge in [-0.3, -0.25) is 9.59 Å². The first kappa shape index (κ1) is 10.6. The molecule has 1 atom stereocenters. The molecule has 0 radical (unpaired) electrons. The second-order valence-electron chi connectivity index (χ2n) is 2.19. The van der Waals surface area contributed by atoms with Crippen LogP contribution in [-0.4, -0.2) is 30.7 Å². The first-order valence-corrected chi connectivity index (χ1v) is 3.33. The van der Waals surface area contributed by atoms with Crippen molar-refractivity contribution >= 4 is 18.1 Å². The average molecular weight is 173 g/mol. The number of amides is 2. The molecule has 2 amide bonds. The smallest absolute Gasteiger partial charge is 0.237 e. The van der Waals surface area contributed by atoms with Crippen molar-refractivity contribution in [3.63, 3.8) is 0 Å². The Morgan fingerprint density at radius 3 is 2.50 bits per heavy atom. The SMILES string of the molecule is NC(=O)C[C@H](N)C(=O)NCC=O. The van der Waals surface area contributed by atoms with Gasteiger partial charge in [-0.2, -0.15) is 0 Å². The van der Waals surface area contributed by atoms with E-state index in [2.05, 4.69) is 5.32 Å². The van der Waals surface area contributed by atoms with Gasteiger partial charge < -0.3 is 21.6 Å². The molecule has 6 nitrogen and oxygen atoms in total. The van der Waals surface area contributed by atoms with Gasteiger partial charge in [0.2, 0.25) is 11.8 Å². The van der Waals surface area contributed by atoms with E-state index >= 15 is 0 Å². The summed E-state index contributed by atoms with van der Waals surface area (Å²) in [5.41, 5.74) is 10.0. The summed E-state index contributed by atoms with van der Waals surface area (Å²) in [6.45, 7) is -0.106. The van der Waals surface area contributed by atoms with Gasteiger partial charge in [-0.1, -0.05) is 0 Å². The summed E-state index contributed by atoms with van der Waals surface area (Å²) in [6, 6.07) is -0.970. The Balaban J connectivity index is 3.76. The molecular weight excluding hydrogens is 162 g/mol. The largest absolute Gasteiger partial charge is 0.370 e. The van der Waals surface area contributed by atoms with Crippen LogP contribution in [0.3, 0.4) is 0 Å². The minimum Gasteiger partial charge on any atom is -0.370 e. The summed E-state index contributed by atoms with van der Waals surface area (Å²) in [7, 11) is 0.